The average Bonchev–Trinajstić information content (AvgIpc) is 3.29. The van der Waals surface area contributed by atoms with E-state index in [0.29, 0.717) is 11.2 Å². The van der Waals surface area contributed by atoms with Gasteiger partial charge in [-0.15, -0.1) is 0 Å². The van der Waals surface area contributed by atoms with Gasteiger partial charge in [0, 0.05) is 47.6 Å². The normalized spacial score (nSPS) is 18.7. The van der Waals surface area contributed by atoms with Gasteiger partial charge in [-0.1, -0.05) is 0 Å². The van der Waals surface area contributed by atoms with Crippen molar-refractivity contribution in [1.82, 2.24) is 15.0 Å². The summed E-state index contributed by atoms with van der Waals surface area (Å²) < 4.78 is 26.0. The number of carbonyl (C=O) groups is 1. The van der Waals surface area contributed by atoms with Crippen molar-refractivity contribution in [2.45, 2.75) is 32.3 Å². The number of pyridine rings is 3. The number of halogens is 2. The standard InChI is InChI=1S/C20H18F2N4O2/c1-10-3-16(11(2)27)24-9-14(10)12-4-13-8-25-18(5-17(13)23-7-12)26-19(28)15-6-20(15,21)22/h3-5,7-9,11,15,27H,6H2,1-2H3,(H,25,26,28)/t11-,15+/m0/s1. The van der Waals surface area contributed by atoms with Gasteiger partial charge in [-0.25, -0.2) is 13.8 Å². The van der Waals surface area contributed by atoms with Crippen LogP contribution in [0.15, 0.2) is 36.8 Å². The maximum Gasteiger partial charge on any atom is 0.260 e. The van der Waals surface area contributed by atoms with Crippen LogP contribution in [0.2, 0.25) is 0 Å². The minimum Gasteiger partial charge on any atom is -0.387 e. The van der Waals surface area contributed by atoms with Gasteiger partial charge in [-0.2, -0.15) is 0 Å². The van der Waals surface area contributed by atoms with Crippen molar-refractivity contribution >= 4 is 22.6 Å². The number of hydrogen-bond donors (Lipinski definition) is 2. The van der Waals surface area contributed by atoms with Gasteiger partial charge in [-0.05, 0) is 31.5 Å². The number of nitrogens with one attached hydrogen (secondary N) is 1. The highest BCUT2D eigenvalue weighted by Crippen LogP contribution is 2.49. The Morgan fingerprint density at radius 1 is 1.21 bits per heavy atom. The van der Waals surface area contributed by atoms with E-state index in [9.17, 15) is 18.7 Å². The molecular weight excluding hydrogens is 366 g/mol. The second kappa shape index (κ2) is 6.56. The van der Waals surface area contributed by atoms with Crippen molar-refractivity contribution in [1.29, 1.82) is 0 Å². The van der Waals surface area contributed by atoms with Crippen molar-refractivity contribution in [2.75, 3.05) is 5.32 Å². The molecule has 2 N–H and O–H groups in total. The third kappa shape index (κ3) is 3.43. The summed E-state index contributed by atoms with van der Waals surface area (Å²) in [4.78, 5) is 24.6. The van der Waals surface area contributed by atoms with Gasteiger partial charge in [0.25, 0.3) is 5.92 Å². The SMILES string of the molecule is Cc1cc([C@H](C)O)ncc1-c1cnc2cc(NC(=O)[C@H]3CC3(F)F)ncc2c1. The summed E-state index contributed by atoms with van der Waals surface area (Å²) in [6, 6.07) is 5.27. The van der Waals surface area contributed by atoms with Crippen LogP contribution >= 0.6 is 0 Å². The minimum absolute atomic E-state index is 0.194. The summed E-state index contributed by atoms with van der Waals surface area (Å²) in [7, 11) is 0. The summed E-state index contributed by atoms with van der Waals surface area (Å²) in [5.41, 5.74) is 3.85. The van der Waals surface area contributed by atoms with Crippen molar-refractivity contribution < 1.29 is 18.7 Å². The number of amides is 1. The Morgan fingerprint density at radius 3 is 2.61 bits per heavy atom. The molecule has 3 heterocycles. The smallest absolute Gasteiger partial charge is 0.260 e. The number of fused-ring (bicyclic) bond motifs is 1. The molecule has 0 bridgehead atoms. The lowest BCUT2D eigenvalue weighted by molar-refractivity contribution is -0.119. The minimum atomic E-state index is -2.91. The second-order valence-electron chi connectivity index (χ2n) is 7.09. The molecule has 0 aliphatic heterocycles. The molecule has 1 saturated carbocycles. The molecular formula is C20H18F2N4O2. The fraction of sp³-hybridized carbons (Fsp3) is 0.300. The summed E-state index contributed by atoms with van der Waals surface area (Å²) in [5, 5.41) is 12.8. The molecule has 1 fully saturated rings. The Labute approximate surface area is 159 Å². The summed E-state index contributed by atoms with van der Waals surface area (Å²) in [6.07, 6.45) is 3.85. The zero-order chi connectivity index (χ0) is 20.1. The zero-order valence-corrected chi connectivity index (χ0v) is 15.3. The number of nitrogens with zero attached hydrogens (tertiary/aromatic N) is 3. The van der Waals surface area contributed by atoms with Gasteiger partial charge >= 0.3 is 0 Å². The molecule has 1 aliphatic carbocycles. The fourth-order valence-electron chi connectivity index (χ4n) is 3.06. The van der Waals surface area contributed by atoms with E-state index in [1.54, 1.807) is 31.6 Å². The van der Waals surface area contributed by atoms with Crippen LogP contribution in [0.4, 0.5) is 14.6 Å². The maximum absolute atomic E-state index is 13.0. The van der Waals surface area contributed by atoms with E-state index >= 15 is 0 Å². The highest BCUT2D eigenvalue weighted by molar-refractivity contribution is 5.96. The molecule has 1 amide bonds. The van der Waals surface area contributed by atoms with Gasteiger partial charge in [0.1, 0.15) is 11.7 Å². The number of aliphatic hydroxyl groups excluding tert-OH is 1. The molecule has 1 aliphatic rings. The average molecular weight is 384 g/mol. The largest absolute Gasteiger partial charge is 0.387 e. The van der Waals surface area contributed by atoms with Crippen LogP contribution in [0.25, 0.3) is 22.0 Å². The molecule has 0 radical (unpaired) electrons. The third-order valence-corrected chi connectivity index (χ3v) is 4.83. The first-order valence-corrected chi connectivity index (χ1v) is 8.84. The third-order valence-electron chi connectivity index (χ3n) is 4.83. The van der Waals surface area contributed by atoms with Crippen LogP contribution in [0.3, 0.4) is 0 Å². The van der Waals surface area contributed by atoms with Crippen molar-refractivity contribution in [2.24, 2.45) is 5.92 Å². The number of carbonyl (C=O) groups excluding carboxylic acids is 1. The van der Waals surface area contributed by atoms with Crippen molar-refractivity contribution in [3.63, 3.8) is 0 Å². The summed E-state index contributed by atoms with van der Waals surface area (Å²) >= 11 is 0. The molecule has 4 rings (SSSR count). The first-order chi connectivity index (χ1) is 13.2. The number of rotatable bonds is 4. The van der Waals surface area contributed by atoms with E-state index in [2.05, 4.69) is 20.3 Å². The van der Waals surface area contributed by atoms with E-state index in [1.807, 2.05) is 19.1 Å². The quantitative estimate of drug-likeness (QED) is 0.717. The second-order valence-corrected chi connectivity index (χ2v) is 7.09. The zero-order valence-electron chi connectivity index (χ0n) is 15.3. The predicted octanol–water partition coefficient (Wildman–Crippen LogP) is 3.65. The van der Waals surface area contributed by atoms with Crippen LogP contribution in [0.1, 0.15) is 30.7 Å². The van der Waals surface area contributed by atoms with Gasteiger partial charge in [0.05, 0.1) is 17.3 Å². The highest BCUT2D eigenvalue weighted by atomic mass is 19.3. The van der Waals surface area contributed by atoms with Crippen molar-refractivity contribution in [3.05, 3.63) is 48.0 Å². The fourth-order valence-corrected chi connectivity index (χ4v) is 3.06. The molecule has 3 aromatic heterocycles. The van der Waals surface area contributed by atoms with E-state index in [4.69, 9.17) is 0 Å². The highest BCUT2D eigenvalue weighted by Gasteiger charge is 2.61. The van der Waals surface area contributed by atoms with Crippen LogP contribution in [0, 0.1) is 12.8 Å². The van der Waals surface area contributed by atoms with Crippen LogP contribution in [0.5, 0.6) is 0 Å². The van der Waals surface area contributed by atoms with Gasteiger partial charge < -0.3 is 10.4 Å². The molecule has 3 aromatic rings. The molecule has 0 unspecified atom stereocenters. The predicted molar refractivity (Wildman–Crippen MR) is 99.8 cm³/mol. The maximum atomic E-state index is 13.0. The Morgan fingerprint density at radius 2 is 1.96 bits per heavy atom. The Hall–Kier alpha value is -3.00. The Balaban J connectivity index is 1.59. The van der Waals surface area contributed by atoms with Gasteiger partial charge in [-0.3, -0.25) is 14.8 Å². The Bertz CT molecular complexity index is 1080. The van der Waals surface area contributed by atoms with E-state index in [0.717, 1.165) is 22.1 Å². The summed E-state index contributed by atoms with van der Waals surface area (Å²) in [5.74, 6) is -4.73. The van der Waals surface area contributed by atoms with Crippen LogP contribution in [-0.4, -0.2) is 31.9 Å². The van der Waals surface area contributed by atoms with Crippen LogP contribution in [-0.2, 0) is 4.79 Å². The molecule has 6 nitrogen and oxygen atoms in total. The van der Waals surface area contributed by atoms with E-state index < -0.39 is 30.3 Å². The number of hydrogen-bond acceptors (Lipinski definition) is 5. The molecule has 2 atom stereocenters. The van der Waals surface area contributed by atoms with E-state index in [1.165, 1.54) is 0 Å². The lowest BCUT2D eigenvalue weighted by Gasteiger charge is -2.10. The molecule has 0 saturated heterocycles. The number of aromatic nitrogens is 3. The van der Waals surface area contributed by atoms with Crippen LogP contribution < -0.4 is 5.32 Å². The van der Waals surface area contributed by atoms with Crippen molar-refractivity contribution in [3.8, 4) is 11.1 Å². The Kier molecular flexibility index (Phi) is 4.30. The lowest BCUT2D eigenvalue weighted by atomic mass is 10.0. The van der Waals surface area contributed by atoms with E-state index in [-0.39, 0.29) is 5.82 Å². The number of alkyl halides is 2. The first-order valence-electron chi connectivity index (χ1n) is 8.84. The first kappa shape index (κ1) is 18.4. The molecule has 0 aromatic carbocycles. The number of anilines is 1. The number of aliphatic hydroxyl groups is 1. The number of aryl methyl sites for hydroxylation is 1. The molecule has 8 heteroatoms. The monoisotopic (exact) mass is 384 g/mol. The van der Waals surface area contributed by atoms with Gasteiger partial charge in [0.15, 0.2) is 0 Å². The van der Waals surface area contributed by atoms with Gasteiger partial charge in [0.2, 0.25) is 5.91 Å². The molecule has 0 spiro atoms. The topological polar surface area (TPSA) is 88.0 Å². The molecule has 28 heavy (non-hydrogen) atoms. The summed E-state index contributed by atoms with van der Waals surface area (Å²) in [6.45, 7) is 3.59. The molecule has 144 valence electrons. The lowest BCUT2D eigenvalue weighted by Crippen LogP contribution is -2.18.